The number of amides is 2. The Labute approximate surface area is 244 Å². The molecule has 6 saturated heterocycles. The van der Waals surface area contributed by atoms with Crippen molar-refractivity contribution in [2.45, 2.75) is 82.9 Å². The third kappa shape index (κ3) is 4.96. The SMILES string of the molecule is CC1C/C(=C2\O[C@@H]3CC(=O)N3C2C(=O)O)C(=O)O1.CC1C/C(=C2\O[C@@H]3CC(=O)N3C2C(=O)OCc2ccccc2)C(=O)O1. The van der Waals surface area contributed by atoms with E-state index in [1.54, 1.807) is 13.8 Å². The van der Waals surface area contributed by atoms with Gasteiger partial charge in [-0.3, -0.25) is 19.4 Å². The standard InChI is InChI=1S/C18H17NO6.C11H11NO6/c1-10-7-12(17(21)24-10)16-15(19-13(20)8-14(19)25-16)18(22)23-9-11-5-3-2-4-6-11;1-4-2-5(11(16)17-4)9-8(10(14)15)12-6(13)3-7(12)18-9/h2-6,10,14-15H,7-9H2,1H3;4,7-8H,2-3H2,1H3,(H,14,15)/b16-12+;9-5+/t10?,14-,15?;4?,7-,8?/m11/s1. The number of esters is 3. The third-order valence-electron chi connectivity index (χ3n) is 7.84. The maximum Gasteiger partial charge on any atom is 0.337 e. The second-order valence-electron chi connectivity index (χ2n) is 10.9. The molecule has 6 aliphatic heterocycles. The highest BCUT2D eigenvalue weighted by molar-refractivity contribution is 5.97. The van der Waals surface area contributed by atoms with Gasteiger partial charge in [-0.05, 0) is 19.4 Å². The van der Waals surface area contributed by atoms with Crippen LogP contribution >= 0.6 is 0 Å². The van der Waals surface area contributed by atoms with Gasteiger partial charge in [-0.15, -0.1) is 0 Å². The van der Waals surface area contributed by atoms with Crippen LogP contribution in [0.15, 0.2) is 53.0 Å². The summed E-state index contributed by atoms with van der Waals surface area (Å²) in [6.45, 7) is 3.58. The van der Waals surface area contributed by atoms with Crippen LogP contribution in [0.4, 0.5) is 0 Å². The van der Waals surface area contributed by atoms with Crippen molar-refractivity contribution < 1.29 is 57.6 Å². The quantitative estimate of drug-likeness (QED) is 0.225. The Bertz CT molecular complexity index is 1480. The van der Waals surface area contributed by atoms with Crippen molar-refractivity contribution in [3.8, 4) is 0 Å². The van der Waals surface area contributed by atoms with E-state index < -0.39 is 48.4 Å². The number of nitrogens with zero attached hydrogens (tertiary/aromatic N) is 2. The second-order valence-corrected chi connectivity index (χ2v) is 10.9. The molecule has 7 rings (SSSR count). The molecule has 14 nitrogen and oxygen atoms in total. The van der Waals surface area contributed by atoms with Crippen molar-refractivity contribution >= 4 is 35.7 Å². The van der Waals surface area contributed by atoms with Gasteiger partial charge in [-0.2, -0.15) is 0 Å². The van der Waals surface area contributed by atoms with E-state index in [4.69, 9.17) is 23.7 Å². The molecule has 1 aromatic carbocycles. The maximum absolute atomic E-state index is 12.6. The van der Waals surface area contributed by atoms with Gasteiger partial charge in [0.15, 0.2) is 24.5 Å². The summed E-state index contributed by atoms with van der Waals surface area (Å²) >= 11 is 0. The fraction of sp³-hybridized carbons (Fsp3) is 0.448. The molecule has 4 unspecified atom stereocenters. The van der Waals surface area contributed by atoms with E-state index in [9.17, 15) is 33.9 Å². The van der Waals surface area contributed by atoms with Crippen LogP contribution in [0, 0.1) is 0 Å². The Kier molecular flexibility index (Phi) is 7.06. The number of hydrogen-bond acceptors (Lipinski definition) is 11. The molecule has 0 aromatic heterocycles. The Hall–Kier alpha value is -4.88. The summed E-state index contributed by atoms with van der Waals surface area (Å²) in [7, 11) is 0. The molecule has 43 heavy (non-hydrogen) atoms. The Morgan fingerprint density at radius 3 is 1.70 bits per heavy atom. The Morgan fingerprint density at radius 1 is 0.767 bits per heavy atom. The zero-order valence-corrected chi connectivity index (χ0v) is 23.2. The lowest BCUT2D eigenvalue weighted by Gasteiger charge is -2.33. The van der Waals surface area contributed by atoms with Crippen LogP contribution in [0.5, 0.6) is 0 Å². The molecule has 6 heterocycles. The van der Waals surface area contributed by atoms with Gasteiger partial charge in [0.25, 0.3) is 0 Å². The van der Waals surface area contributed by atoms with Crippen LogP contribution in [-0.2, 0) is 59.1 Å². The van der Waals surface area contributed by atoms with Crippen molar-refractivity contribution in [3.05, 3.63) is 58.6 Å². The minimum absolute atomic E-state index is 0.0627. The van der Waals surface area contributed by atoms with E-state index >= 15 is 0 Å². The lowest BCUT2D eigenvalue weighted by Crippen LogP contribution is -2.55. The molecular formula is C29H28N2O12. The largest absolute Gasteiger partial charge is 0.479 e. The molecule has 0 radical (unpaired) electrons. The van der Waals surface area contributed by atoms with E-state index in [0.29, 0.717) is 18.4 Å². The predicted octanol–water partition coefficient (Wildman–Crippen LogP) is 0.894. The number of fused-ring (bicyclic) bond motifs is 2. The van der Waals surface area contributed by atoms with Crippen LogP contribution in [0.1, 0.15) is 45.1 Å². The smallest absolute Gasteiger partial charge is 0.337 e. The van der Waals surface area contributed by atoms with Crippen molar-refractivity contribution in [2.24, 2.45) is 0 Å². The normalized spacial score (nSPS) is 33.6. The molecule has 14 heteroatoms. The number of benzene rings is 1. The van der Waals surface area contributed by atoms with Gasteiger partial charge in [0.05, 0.1) is 24.0 Å². The van der Waals surface area contributed by atoms with Crippen molar-refractivity contribution in [2.75, 3.05) is 0 Å². The third-order valence-corrected chi connectivity index (χ3v) is 7.84. The van der Waals surface area contributed by atoms with E-state index in [1.165, 1.54) is 4.90 Å². The second kappa shape index (κ2) is 10.7. The highest BCUT2D eigenvalue weighted by atomic mass is 16.6. The average molecular weight is 597 g/mol. The van der Waals surface area contributed by atoms with Gasteiger partial charge in [0.1, 0.15) is 30.3 Å². The van der Waals surface area contributed by atoms with E-state index in [2.05, 4.69) is 0 Å². The van der Waals surface area contributed by atoms with Crippen molar-refractivity contribution in [1.82, 2.24) is 9.80 Å². The van der Waals surface area contributed by atoms with Crippen molar-refractivity contribution in [1.29, 1.82) is 0 Å². The minimum atomic E-state index is -1.19. The fourth-order valence-corrected chi connectivity index (χ4v) is 5.76. The first-order chi connectivity index (χ1) is 20.5. The molecule has 6 fully saturated rings. The Morgan fingerprint density at radius 2 is 1.26 bits per heavy atom. The molecule has 0 spiro atoms. The van der Waals surface area contributed by atoms with Crippen LogP contribution in [0.25, 0.3) is 0 Å². The van der Waals surface area contributed by atoms with Gasteiger partial charge in [0, 0.05) is 12.8 Å². The molecule has 1 N–H and O–H groups in total. The fourth-order valence-electron chi connectivity index (χ4n) is 5.76. The van der Waals surface area contributed by atoms with Crippen LogP contribution in [0.3, 0.4) is 0 Å². The first-order valence-corrected chi connectivity index (χ1v) is 13.8. The summed E-state index contributed by atoms with van der Waals surface area (Å²) in [5.74, 6) is -3.06. The lowest BCUT2D eigenvalue weighted by molar-refractivity contribution is -0.166. The molecule has 6 atom stereocenters. The molecule has 0 aliphatic carbocycles. The number of carbonyl (C=O) groups is 6. The molecule has 2 amide bonds. The van der Waals surface area contributed by atoms with Gasteiger partial charge in [-0.25, -0.2) is 19.2 Å². The number of aliphatic carboxylic acids is 1. The predicted molar refractivity (Wildman–Crippen MR) is 139 cm³/mol. The lowest BCUT2D eigenvalue weighted by atomic mass is 10.0. The van der Waals surface area contributed by atoms with Crippen LogP contribution in [-0.4, -0.2) is 87.3 Å². The molecule has 0 saturated carbocycles. The van der Waals surface area contributed by atoms with E-state index in [1.807, 2.05) is 30.3 Å². The summed E-state index contributed by atoms with van der Waals surface area (Å²) in [5, 5.41) is 9.18. The highest BCUT2D eigenvalue weighted by Crippen LogP contribution is 2.41. The molecular weight excluding hydrogens is 568 g/mol. The number of cyclic esters (lactones) is 2. The van der Waals surface area contributed by atoms with Gasteiger partial charge >= 0.3 is 23.9 Å². The van der Waals surface area contributed by atoms with Gasteiger partial charge in [-0.1, -0.05) is 30.3 Å². The van der Waals surface area contributed by atoms with Gasteiger partial charge < -0.3 is 28.8 Å². The highest BCUT2D eigenvalue weighted by Gasteiger charge is 2.57. The number of ether oxygens (including phenoxy) is 5. The number of carbonyl (C=O) groups excluding carboxylic acids is 5. The molecule has 1 aromatic rings. The first kappa shape index (κ1) is 28.2. The number of β-lactam (4-membered cyclic amide) rings is 2. The van der Waals surface area contributed by atoms with E-state index in [0.717, 1.165) is 10.5 Å². The average Bonchev–Trinajstić information content (AvgIpc) is 3.66. The van der Waals surface area contributed by atoms with Crippen LogP contribution in [0.2, 0.25) is 0 Å². The summed E-state index contributed by atoms with van der Waals surface area (Å²) in [6, 6.07) is 7.04. The minimum Gasteiger partial charge on any atom is -0.479 e. The zero-order chi connectivity index (χ0) is 30.6. The number of rotatable bonds is 4. The first-order valence-electron chi connectivity index (χ1n) is 13.8. The summed E-state index contributed by atoms with van der Waals surface area (Å²) < 4.78 is 26.6. The monoisotopic (exact) mass is 596 g/mol. The van der Waals surface area contributed by atoms with E-state index in [-0.39, 0.29) is 60.6 Å². The van der Waals surface area contributed by atoms with Gasteiger partial charge in [0.2, 0.25) is 11.8 Å². The number of carboxylic acids is 1. The summed E-state index contributed by atoms with van der Waals surface area (Å²) in [6.07, 6.45) is -0.601. The van der Waals surface area contributed by atoms with Crippen LogP contribution < -0.4 is 0 Å². The maximum atomic E-state index is 12.6. The summed E-state index contributed by atoms with van der Waals surface area (Å²) in [4.78, 5) is 73.3. The molecule has 0 bridgehead atoms. The topological polar surface area (TPSA) is 175 Å². The Balaban J connectivity index is 0.000000162. The number of carboxylic acid groups (broad SMARTS) is 1. The zero-order valence-electron chi connectivity index (χ0n) is 23.2. The van der Waals surface area contributed by atoms with Crippen molar-refractivity contribution in [3.63, 3.8) is 0 Å². The molecule has 6 aliphatic rings. The molecule has 226 valence electrons. The number of hydrogen-bond donors (Lipinski definition) is 1. The summed E-state index contributed by atoms with van der Waals surface area (Å²) in [5.41, 5.74) is 1.39.